The fourth-order valence-electron chi connectivity index (χ4n) is 2.11. The summed E-state index contributed by atoms with van der Waals surface area (Å²) in [6, 6.07) is 4.52. The van der Waals surface area contributed by atoms with Gasteiger partial charge in [-0.25, -0.2) is 8.42 Å². The van der Waals surface area contributed by atoms with Crippen LogP contribution in [0.1, 0.15) is 12.8 Å². The molecule has 0 atom stereocenters. The van der Waals surface area contributed by atoms with Crippen molar-refractivity contribution in [3.05, 3.63) is 18.2 Å². The normalized spacial score (nSPS) is 18.4. The molecule has 0 spiro atoms. The number of sulfonamides is 1. The van der Waals surface area contributed by atoms with E-state index in [2.05, 4.69) is 0 Å². The van der Waals surface area contributed by atoms with Gasteiger partial charge in [0.05, 0.1) is 18.9 Å². The van der Waals surface area contributed by atoms with Crippen molar-refractivity contribution >= 4 is 15.7 Å². The Balaban J connectivity index is 2.29. The molecule has 19 heavy (non-hydrogen) atoms. The summed E-state index contributed by atoms with van der Waals surface area (Å²) in [5.74, 6) is 0.519. The number of aliphatic hydroxyl groups excluding tert-OH is 1. The van der Waals surface area contributed by atoms with Crippen LogP contribution >= 0.6 is 0 Å². The summed E-state index contributed by atoms with van der Waals surface area (Å²) in [7, 11) is -2.10. The molecule has 1 aliphatic heterocycles. The lowest BCUT2D eigenvalue weighted by Crippen LogP contribution is -2.40. The third kappa shape index (κ3) is 2.83. The lowest BCUT2D eigenvalue weighted by Gasteiger charge is -2.29. The summed E-state index contributed by atoms with van der Waals surface area (Å²) in [6.07, 6.45) is 0.490. The number of benzene rings is 1. The average molecular weight is 286 g/mol. The molecule has 1 aliphatic rings. The number of ether oxygens (including phenoxy) is 1. The van der Waals surface area contributed by atoms with Crippen LogP contribution in [0.25, 0.3) is 0 Å². The minimum atomic E-state index is -3.60. The zero-order valence-corrected chi connectivity index (χ0v) is 11.6. The minimum absolute atomic E-state index is 0.0877. The molecule has 1 heterocycles. The first-order valence-corrected chi connectivity index (χ1v) is 7.51. The molecule has 6 nitrogen and oxygen atoms in total. The fraction of sp³-hybridized carbons (Fsp3) is 0.500. The van der Waals surface area contributed by atoms with E-state index >= 15 is 0 Å². The largest absolute Gasteiger partial charge is 0.497 e. The van der Waals surface area contributed by atoms with Gasteiger partial charge in [0.15, 0.2) is 0 Å². The maximum atomic E-state index is 12.4. The van der Waals surface area contributed by atoms with E-state index < -0.39 is 16.1 Å². The van der Waals surface area contributed by atoms with E-state index in [1.54, 1.807) is 6.07 Å². The molecule has 0 amide bonds. The van der Waals surface area contributed by atoms with E-state index in [9.17, 15) is 13.5 Å². The van der Waals surface area contributed by atoms with Gasteiger partial charge in [-0.2, -0.15) is 4.31 Å². The third-order valence-corrected chi connectivity index (χ3v) is 5.23. The van der Waals surface area contributed by atoms with Crippen molar-refractivity contribution < 1.29 is 18.3 Å². The van der Waals surface area contributed by atoms with Crippen molar-refractivity contribution in [3.8, 4) is 5.75 Å². The van der Waals surface area contributed by atoms with E-state index in [4.69, 9.17) is 10.5 Å². The van der Waals surface area contributed by atoms with Crippen molar-refractivity contribution in [2.75, 3.05) is 25.9 Å². The van der Waals surface area contributed by atoms with Gasteiger partial charge in [0.1, 0.15) is 10.6 Å². The van der Waals surface area contributed by atoms with Crippen LogP contribution in [0.2, 0.25) is 0 Å². The number of nitrogens with zero attached hydrogens (tertiary/aromatic N) is 1. The maximum Gasteiger partial charge on any atom is 0.245 e. The Hall–Kier alpha value is -1.31. The lowest BCUT2D eigenvalue weighted by atomic mass is 10.1. The topological polar surface area (TPSA) is 92.9 Å². The fourth-order valence-corrected chi connectivity index (χ4v) is 3.68. The Morgan fingerprint density at radius 2 is 2.00 bits per heavy atom. The molecule has 0 saturated carbocycles. The van der Waals surface area contributed by atoms with Crippen LogP contribution in [-0.2, 0) is 10.0 Å². The Bertz CT molecular complexity index is 551. The number of piperidine rings is 1. The standard InChI is InChI=1S/C12H18N2O4S/c1-18-10-2-3-12(11(13)8-10)19(16,17)14-6-4-9(15)5-7-14/h2-3,8-9,15H,4-7,13H2,1H3. The number of anilines is 1. The molecule has 1 aromatic carbocycles. The van der Waals surface area contributed by atoms with Crippen molar-refractivity contribution in [2.45, 2.75) is 23.8 Å². The van der Waals surface area contributed by atoms with Gasteiger partial charge < -0.3 is 15.6 Å². The second kappa shape index (κ2) is 5.36. The first-order valence-electron chi connectivity index (χ1n) is 6.07. The summed E-state index contributed by atoms with van der Waals surface area (Å²) in [4.78, 5) is 0.0877. The molecule has 2 rings (SSSR count). The molecular formula is C12H18N2O4S. The lowest BCUT2D eigenvalue weighted by molar-refractivity contribution is 0.113. The van der Waals surface area contributed by atoms with Crippen LogP contribution in [0.3, 0.4) is 0 Å². The third-order valence-electron chi connectivity index (χ3n) is 3.26. The van der Waals surface area contributed by atoms with Gasteiger partial charge >= 0.3 is 0 Å². The van der Waals surface area contributed by atoms with Crippen molar-refractivity contribution in [1.29, 1.82) is 0 Å². The smallest absolute Gasteiger partial charge is 0.245 e. The Morgan fingerprint density at radius 1 is 1.37 bits per heavy atom. The molecule has 0 aromatic heterocycles. The summed E-state index contributed by atoms with van der Waals surface area (Å²) in [6.45, 7) is 0.629. The summed E-state index contributed by atoms with van der Waals surface area (Å²) in [5.41, 5.74) is 5.95. The number of rotatable bonds is 3. The zero-order chi connectivity index (χ0) is 14.0. The highest BCUT2D eigenvalue weighted by molar-refractivity contribution is 7.89. The maximum absolute atomic E-state index is 12.4. The van der Waals surface area contributed by atoms with Gasteiger partial charge in [-0.3, -0.25) is 0 Å². The number of aliphatic hydroxyl groups is 1. The molecule has 1 fully saturated rings. The number of nitrogen functional groups attached to an aromatic ring is 1. The van der Waals surface area contributed by atoms with Crippen LogP contribution in [-0.4, -0.2) is 44.1 Å². The van der Waals surface area contributed by atoms with Gasteiger partial charge in [0, 0.05) is 19.2 Å². The molecule has 0 unspecified atom stereocenters. The number of methoxy groups -OCH3 is 1. The van der Waals surface area contributed by atoms with Crippen LogP contribution in [0, 0.1) is 0 Å². The van der Waals surface area contributed by atoms with Crippen LogP contribution in [0.4, 0.5) is 5.69 Å². The minimum Gasteiger partial charge on any atom is -0.497 e. The molecule has 1 aromatic rings. The van der Waals surface area contributed by atoms with Crippen LogP contribution < -0.4 is 10.5 Å². The Morgan fingerprint density at radius 3 is 2.53 bits per heavy atom. The predicted octanol–water partition coefficient (Wildman–Crippen LogP) is 0.423. The molecule has 0 aliphatic carbocycles. The summed E-state index contributed by atoms with van der Waals surface area (Å²) < 4.78 is 31.2. The highest BCUT2D eigenvalue weighted by Gasteiger charge is 2.30. The second-order valence-corrected chi connectivity index (χ2v) is 6.45. The van der Waals surface area contributed by atoms with Crippen molar-refractivity contribution in [2.24, 2.45) is 0 Å². The number of nitrogens with two attached hydrogens (primary N) is 1. The monoisotopic (exact) mass is 286 g/mol. The zero-order valence-electron chi connectivity index (χ0n) is 10.7. The van der Waals surface area contributed by atoms with E-state index in [1.807, 2.05) is 0 Å². The average Bonchev–Trinajstić information content (AvgIpc) is 2.38. The molecule has 0 radical (unpaired) electrons. The van der Waals surface area contributed by atoms with Gasteiger partial charge in [0.25, 0.3) is 0 Å². The van der Waals surface area contributed by atoms with Crippen LogP contribution in [0.15, 0.2) is 23.1 Å². The highest BCUT2D eigenvalue weighted by Crippen LogP contribution is 2.28. The van der Waals surface area contributed by atoms with E-state index in [0.29, 0.717) is 31.7 Å². The van der Waals surface area contributed by atoms with E-state index in [-0.39, 0.29) is 10.6 Å². The van der Waals surface area contributed by atoms with Gasteiger partial charge in [-0.05, 0) is 25.0 Å². The number of hydrogen-bond acceptors (Lipinski definition) is 5. The highest BCUT2D eigenvalue weighted by atomic mass is 32.2. The van der Waals surface area contributed by atoms with Gasteiger partial charge in [0.2, 0.25) is 10.0 Å². The molecule has 3 N–H and O–H groups in total. The van der Waals surface area contributed by atoms with Gasteiger partial charge in [-0.1, -0.05) is 0 Å². The Kier molecular flexibility index (Phi) is 3.98. The van der Waals surface area contributed by atoms with Gasteiger partial charge in [-0.15, -0.1) is 0 Å². The van der Waals surface area contributed by atoms with E-state index in [0.717, 1.165) is 0 Å². The van der Waals surface area contributed by atoms with Crippen molar-refractivity contribution in [1.82, 2.24) is 4.31 Å². The first-order chi connectivity index (χ1) is 8.95. The summed E-state index contributed by atoms with van der Waals surface area (Å²) in [5, 5.41) is 9.42. The second-order valence-electron chi connectivity index (χ2n) is 4.54. The first kappa shape index (κ1) is 14.1. The predicted molar refractivity (Wildman–Crippen MR) is 71.4 cm³/mol. The van der Waals surface area contributed by atoms with Crippen molar-refractivity contribution in [3.63, 3.8) is 0 Å². The SMILES string of the molecule is COc1ccc(S(=O)(=O)N2CCC(O)CC2)c(N)c1. The van der Waals surface area contributed by atoms with E-state index in [1.165, 1.54) is 23.5 Å². The Labute approximate surface area is 112 Å². The molecular weight excluding hydrogens is 268 g/mol. The summed E-state index contributed by atoms with van der Waals surface area (Å²) >= 11 is 0. The van der Waals surface area contributed by atoms with Crippen LogP contribution in [0.5, 0.6) is 5.75 Å². The molecule has 106 valence electrons. The number of hydrogen-bond donors (Lipinski definition) is 2. The quantitative estimate of drug-likeness (QED) is 0.786. The molecule has 0 bridgehead atoms. The molecule has 7 heteroatoms. The molecule has 1 saturated heterocycles.